The predicted molar refractivity (Wildman–Crippen MR) is 103 cm³/mol. The monoisotopic (exact) mass is 345 g/mol. The summed E-state index contributed by atoms with van der Waals surface area (Å²) in [6.45, 7) is 8.68. The second-order valence-corrected chi connectivity index (χ2v) is 6.29. The van der Waals surface area contributed by atoms with Crippen LogP contribution < -0.4 is 16.0 Å². The third-order valence-corrected chi connectivity index (χ3v) is 4.65. The normalized spacial score (nSPS) is 18.2. The Bertz CT molecular complexity index is 570. The molecule has 6 heteroatoms. The second kappa shape index (κ2) is 10.0. The number of benzene rings is 1. The molecule has 0 spiro atoms. The van der Waals surface area contributed by atoms with Crippen LogP contribution in [0.2, 0.25) is 0 Å². The standard InChI is InChI=1S/C19H31N5O/c1-4-21-18(25)16-10-8-15(9-11-16)13-22-19(20-3)23-14-17-7-6-12-24(17)5-2/h8-11,17H,4-7,12-14H2,1-3H3,(H,21,25)(H2,20,22,23). The van der Waals surface area contributed by atoms with Gasteiger partial charge in [0.15, 0.2) is 5.96 Å². The Balaban J connectivity index is 1.79. The molecule has 25 heavy (non-hydrogen) atoms. The number of hydrogen-bond donors (Lipinski definition) is 3. The van der Waals surface area contributed by atoms with E-state index in [2.05, 4.69) is 32.8 Å². The molecule has 0 aromatic heterocycles. The van der Waals surface area contributed by atoms with Gasteiger partial charge in [-0.15, -0.1) is 0 Å². The van der Waals surface area contributed by atoms with Crippen LogP contribution in [0.25, 0.3) is 0 Å². The van der Waals surface area contributed by atoms with E-state index in [9.17, 15) is 4.79 Å². The summed E-state index contributed by atoms with van der Waals surface area (Å²) in [5, 5.41) is 9.57. The Morgan fingerprint density at radius 2 is 1.96 bits per heavy atom. The number of likely N-dealkylation sites (N-methyl/N-ethyl adjacent to an activating group) is 1. The van der Waals surface area contributed by atoms with Crippen LogP contribution in [-0.2, 0) is 6.54 Å². The summed E-state index contributed by atoms with van der Waals surface area (Å²) in [5.41, 5.74) is 1.81. The molecule has 1 aliphatic heterocycles. The number of rotatable bonds is 7. The molecule has 0 bridgehead atoms. The van der Waals surface area contributed by atoms with E-state index < -0.39 is 0 Å². The first-order valence-electron chi connectivity index (χ1n) is 9.23. The molecule has 6 nitrogen and oxygen atoms in total. The van der Waals surface area contributed by atoms with Gasteiger partial charge >= 0.3 is 0 Å². The average molecular weight is 345 g/mol. The summed E-state index contributed by atoms with van der Waals surface area (Å²) in [7, 11) is 1.79. The fourth-order valence-corrected chi connectivity index (χ4v) is 3.20. The van der Waals surface area contributed by atoms with Crippen LogP contribution >= 0.6 is 0 Å². The lowest BCUT2D eigenvalue weighted by Crippen LogP contribution is -2.44. The molecule has 1 fully saturated rings. The van der Waals surface area contributed by atoms with Gasteiger partial charge in [-0.2, -0.15) is 0 Å². The Hall–Kier alpha value is -2.08. The van der Waals surface area contributed by atoms with Gasteiger partial charge in [-0.25, -0.2) is 0 Å². The lowest BCUT2D eigenvalue weighted by atomic mass is 10.1. The SMILES string of the molecule is CCNC(=O)c1ccc(CNC(=NC)NCC2CCCN2CC)cc1. The molecule has 0 radical (unpaired) electrons. The maximum absolute atomic E-state index is 11.8. The van der Waals surface area contributed by atoms with Gasteiger partial charge in [0.05, 0.1) is 0 Å². The summed E-state index contributed by atoms with van der Waals surface area (Å²) in [5.74, 6) is 0.785. The van der Waals surface area contributed by atoms with Crippen LogP contribution in [-0.4, -0.2) is 56.0 Å². The van der Waals surface area contributed by atoms with Crippen LogP contribution in [0.15, 0.2) is 29.3 Å². The third-order valence-electron chi connectivity index (χ3n) is 4.65. The van der Waals surface area contributed by atoms with Crippen molar-refractivity contribution in [2.24, 2.45) is 4.99 Å². The molecule has 0 saturated carbocycles. The van der Waals surface area contributed by atoms with Crippen LogP contribution in [0.1, 0.15) is 42.6 Å². The van der Waals surface area contributed by atoms with Gasteiger partial charge in [0.2, 0.25) is 0 Å². The molecule has 3 N–H and O–H groups in total. The molecule has 0 aliphatic carbocycles. The fourth-order valence-electron chi connectivity index (χ4n) is 3.20. The predicted octanol–water partition coefficient (Wildman–Crippen LogP) is 1.59. The first-order chi connectivity index (χ1) is 12.2. The first-order valence-corrected chi connectivity index (χ1v) is 9.23. The van der Waals surface area contributed by atoms with Crippen molar-refractivity contribution in [2.75, 3.05) is 33.2 Å². The number of carbonyl (C=O) groups is 1. The van der Waals surface area contributed by atoms with Crippen LogP contribution in [0, 0.1) is 0 Å². The molecule has 1 aromatic rings. The lowest BCUT2D eigenvalue weighted by Gasteiger charge is -2.24. The van der Waals surface area contributed by atoms with Crippen molar-refractivity contribution in [3.05, 3.63) is 35.4 Å². The van der Waals surface area contributed by atoms with Gasteiger partial charge in [-0.1, -0.05) is 19.1 Å². The van der Waals surface area contributed by atoms with E-state index in [0.717, 1.165) is 24.6 Å². The van der Waals surface area contributed by atoms with E-state index in [-0.39, 0.29) is 5.91 Å². The van der Waals surface area contributed by atoms with Crippen molar-refractivity contribution in [3.8, 4) is 0 Å². The highest BCUT2D eigenvalue weighted by atomic mass is 16.1. The zero-order chi connectivity index (χ0) is 18.1. The Labute approximate surface area is 151 Å². The Kier molecular flexibility index (Phi) is 7.73. The summed E-state index contributed by atoms with van der Waals surface area (Å²) in [6, 6.07) is 8.26. The van der Waals surface area contributed by atoms with E-state index >= 15 is 0 Å². The van der Waals surface area contributed by atoms with E-state index in [1.54, 1.807) is 7.05 Å². The molecule has 1 saturated heterocycles. The number of hydrogen-bond acceptors (Lipinski definition) is 3. The zero-order valence-corrected chi connectivity index (χ0v) is 15.6. The second-order valence-electron chi connectivity index (χ2n) is 6.29. The Morgan fingerprint density at radius 1 is 1.20 bits per heavy atom. The molecule has 1 atom stereocenters. The molecule has 1 unspecified atom stereocenters. The minimum absolute atomic E-state index is 0.0310. The van der Waals surface area contributed by atoms with Crippen molar-refractivity contribution in [1.82, 2.24) is 20.9 Å². The maximum Gasteiger partial charge on any atom is 0.251 e. The van der Waals surface area contributed by atoms with Crippen molar-refractivity contribution in [1.29, 1.82) is 0 Å². The summed E-state index contributed by atoms with van der Waals surface area (Å²) in [4.78, 5) is 18.6. The maximum atomic E-state index is 11.8. The molecule has 1 amide bonds. The van der Waals surface area contributed by atoms with Crippen LogP contribution in [0.3, 0.4) is 0 Å². The van der Waals surface area contributed by atoms with Gasteiger partial charge < -0.3 is 16.0 Å². The third kappa shape index (κ3) is 5.74. The topological polar surface area (TPSA) is 68.8 Å². The van der Waals surface area contributed by atoms with E-state index in [1.165, 1.54) is 19.4 Å². The van der Waals surface area contributed by atoms with Crippen molar-refractivity contribution in [3.63, 3.8) is 0 Å². The molecule has 1 aliphatic rings. The number of amides is 1. The summed E-state index contributed by atoms with van der Waals surface area (Å²) in [6.07, 6.45) is 2.53. The zero-order valence-electron chi connectivity index (χ0n) is 15.6. The van der Waals surface area contributed by atoms with Gasteiger partial charge in [-0.05, 0) is 50.6 Å². The van der Waals surface area contributed by atoms with Crippen LogP contribution in [0.4, 0.5) is 0 Å². The lowest BCUT2D eigenvalue weighted by molar-refractivity contribution is 0.0956. The van der Waals surface area contributed by atoms with E-state index in [4.69, 9.17) is 0 Å². The molecular weight excluding hydrogens is 314 g/mol. The fraction of sp³-hybridized carbons (Fsp3) is 0.579. The van der Waals surface area contributed by atoms with Gasteiger partial charge in [0, 0.05) is 38.3 Å². The minimum Gasteiger partial charge on any atom is -0.355 e. The summed E-state index contributed by atoms with van der Waals surface area (Å²) < 4.78 is 0. The van der Waals surface area contributed by atoms with Gasteiger partial charge in [-0.3, -0.25) is 14.7 Å². The van der Waals surface area contributed by atoms with Crippen LogP contribution in [0.5, 0.6) is 0 Å². The van der Waals surface area contributed by atoms with E-state index in [1.807, 2.05) is 31.2 Å². The molecule has 138 valence electrons. The van der Waals surface area contributed by atoms with Crippen molar-refractivity contribution >= 4 is 11.9 Å². The smallest absolute Gasteiger partial charge is 0.251 e. The summed E-state index contributed by atoms with van der Waals surface area (Å²) >= 11 is 0. The largest absolute Gasteiger partial charge is 0.355 e. The number of likely N-dealkylation sites (tertiary alicyclic amines) is 1. The van der Waals surface area contributed by atoms with Gasteiger partial charge in [0.25, 0.3) is 5.91 Å². The first kappa shape index (κ1) is 19.2. The molecule has 2 rings (SSSR count). The van der Waals surface area contributed by atoms with Gasteiger partial charge in [0.1, 0.15) is 0 Å². The number of aliphatic imine (C=N–C) groups is 1. The quantitative estimate of drug-likeness (QED) is 0.518. The number of guanidine groups is 1. The Morgan fingerprint density at radius 3 is 2.60 bits per heavy atom. The van der Waals surface area contributed by atoms with Crippen molar-refractivity contribution < 1.29 is 4.79 Å². The molecule has 1 heterocycles. The van der Waals surface area contributed by atoms with Crippen molar-refractivity contribution in [2.45, 2.75) is 39.3 Å². The highest BCUT2D eigenvalue weighted by Crippen LogP contribution is 2.15. The number of nitrogens with zero attached hydrogens (tertiary/aromatic N) is 2. The average Bonchev–Trinajstić information content (AvgIpc) is 3.10. The number of nitrogens with one attached hydrogen (secondary N) is 3. The highest BCUT2D eigenvalue weighted by molar-refractivity contribution is 5.94. The number of carbonyl (C=O) groups excluding carboxylic acids is 1. The molecule has 1 aromatic carbocycles. The molecular formula is C19H31N5O. The minimum atomic E-state index is -0.0310. The highest BCUT2D eigenvalue weighted by Gasteiger charge is 2.22. The van der Waals surface area contributed by atoms with E-state index in [0.29, 0.717) is 24.7 Å².